The van der Waals surface area contributed by atoms with Gasteiger partial charge in [-0.1, -0.05) is 33.6 Å². The smallest absolute Gasteiger partial charge is 0.277 e. The summed E-state index contributed by atoms with van der Waals surface area (Å²) in [4.78, 5) is 23.9. The summed E-state index contributed by atoms with van der Waals surface area (Å²) in [6.07, 6.45) is 0.0415. The highest BCUT2D eigenvalue weighted by atomic mass is 79.9. The van der Waals surface area contributed by atoms with Gasteiger partial charge >= 0.3 is 0 Å². The molecular weight excluding hydrogens is 434 g/mol. The van der Waals surface area contributed by atoms with Crippen LogP contribution < -0.4 is 15.5 Å². The molecule has 0 fully saturated rings. The van der Waals surface area contributed by atoms with Gasteiger partial charge in [-0.25, -0.2) is 5.43 Å². The van der Waals surface area contributed by atoms with Gasteiger partial charge in [-0.05, 0) is 55.8 Å². The zero-order chi connectivity index (χ0) is 19.8. The highest BCUT2D eigenvalue weighted by Crippen LogP contribution is 2.23. The molecule has 2 aromatic rings. The molecule has 0 saturated heterocycles. The minimum atomic E-state index is -0.414. The molecule has 0 aliphatic carbocycles. The zero-order valence-electron chi connectivity index (χ0n) is 14.9. The summed E-state index contributed by atoms with van der Waals surface area (Å²) in [5, 5.41) is 7.27. The monoisotopic (exact) mass is 451 g/mol. The molecule has 0 spiro atoms. The molecule has 6 nitrogen and oxygen atoms in total. The van der Waals surface area contributed by atoms with Gasteiger partial charge in [-0.3, -0.25) is 9.59 Å². The van der Waals surface area contributed by atoms with Gasteiger partial charge < -0.3 is 10.1 Å². The number of ether oxygens (including phenoxy) is 1. The molecule has 0 atom stereocenters. The van der Waals surface area contributed by atoms with Gasteiger partial charge in [-0.15, -0.1) is 0 Å². The maximum Gasteiger partial charge on any atom is 0.277 e. The average molecular weight is 453 g/mol. The summed E-state index contributed by atoms with van der Waals surface area (Å²) in [6, 6.07) is 12.4. The van der Waals surface area contributed by atoms with Gasteiger partial charge in [0.15, 0.2) is 6.61 Å². The Labute approximate surface area is 171 Å². The van der Waals surface area contributed by atoms with Crippen molar-refractivity contribution in [2.24, 2.45) is 5.10 Å². The minimum absolute atomic E-state index is 0.0415. The lowest BCUT2D eigenvalue weighted by Crippen LogP contribution is -2.26. The van der Waals surface area contributed by atoms with Crippen molar-refractivity contribution in [2.45, 2.75) is 20.3 Å². The highest BCUT2D eigenvalue weighted by Gasteiger charge is 2.09. The van der Waals surface area contributed by atoms with E-state index < -0.39 is 5.91 Å². The lowest BCUT2D eigenvalue weighted by atomic mass is 10.2. The predicted octanol–water partition coefficient (Wildman–Crippen LogP) is 4.31. The SMILES string of the molecule is C/C(CC(=O)Nc1cccc(Cl)c1C)=N\NC(=O)COc1ccc(Br)cc1. The first-order chi connectivity index (χ1) is 12.8. The molecule has 0 unspecified atom stereocenters. The van der Waals surface area contributed by atoms with Crippen LogP contribution in [0.1, 0.15) is 18.9 Å². The average Bonchev–Trinajstić information content (AvgIpc) is 2.63. The Bertz CT molecular complexity index is 854. The summed E-state index contributed by atoms with van der Waals surface area (Å²) in [5.74, 6) is -0.0874. The molecule has 0 radical (unpaired) electrons. The minimum Gasteiger partial charge on any atom is -0.484 e. The maximum atomic E-state index is 12.1. The van der Waals surface area contributed by atoms with Gasteiger partial charge in [0.1, 0.15) is 5.75 Å². The molecule has 0 heterocycles. The van der Waals surface area contributed by atoms with Crippen molar-refractivity contribution < 1.29 is 14.3 Å². The number of benzene rings is 2. The van der Waals surface area contributed by atoms with Crippen LogP contribution in [-0.4, -0.2) is 24.1 Å². The van der Waals surface area contributed by atoms with Gasteiger partial charge in [0.05, 0.1) is 6.42 Å². The van der Waals surface area contributed by atoms with Crippen molar-refractivity contribution in [3.63, 3.8) is 0 Å². The molecular formula is C19H19BrClN3O3. The van der Waals surface area contributed by atoms with Gasteiger partial charge in [0.25, 0.3) is 5.91 Å². The van der Waals surface area contributed by atoms with Crippen LogP contribution in [0.3, 0.4) is 0 Å². The molecule has 2 aromatic carbocycles. The van der Waals surface area contributed by atoms with E-state index in [9.17, 15) is 9.59 Å². The van der Waals surface area contributed by atoms with Crippen molar-refractivity contribution >= 4 is 50.7 Å². The Morgan fingerprint density at radius 1 is 1.15 bits per heavy atom. The van der Waals surface area contributed by atoms with Gasteiger partial charge in [0, 0.05) is 20.9 Å². The maximum absolute atomic E-state index is 12.1. The van der Waals surface area contributed by atoms with E-state index in [-0.39, 0.29) is 18.9 Å². The topological polar surface area (TPSA) is 79.8 Å². The molecule has 0 aliphatic heterocycles. The van der Waals surface area contributed by atoms with Crippen LogP contribution in [-0.2, 0) is 9.59 Å². The summed E-state index contributed by atoms with van der Waals surface area (Å²) >= 11 is 9.35. The number of halogens is 2. The van der Waals surface area contributed by atoms with E-state index in [0.717, 1.165) is 10.0 Å². The van der Waals surface area contributed by atoms with E-state index in [4.69, 9.17) is 16.3 Å². The Kier molecular flexibility index (Phi) is 7.82. The van der Waals surface area contributed by atoms with Crippen molar-refractivity contribution in [3.05, 3.63) is 57.5 Å². The quantitative estimate of drug-likeness (QED) is 0.485. The number of hydrogen-bond donors (Lipinski definition) is 2. The number of rotatable bonds is 7. The van der Waals surface area contributed by atoms with Crippen LogP contribution >= 0.6 is 27.5 Å². The number of anilines is 1. The second kappa shape index (κ2) is 10.1. The number of hydrogen-bond acceptors (Lipinski definition) is 4. The summed E-state index contributed by atoms with van der Waals surface area (Å²) in [6.45, 7) is 3.30. The third kappa shape index (κ3) is 7.03. The van der Waals surface area contributed by atoms with E-state index >= 15 is 0 Å². The molecule has 0 bridgehead atoms. The van der Waals surface area contributed by atoms with E-state index in [1.807, 2.05) is 19.1 Å². The van der Waals surface area contributed by atoms with Crippen molar-refractivity contribution in [2.75, 3.05) is 11.9 Å². The van der Waals surface area contributed by atoms with Crippen molar-refractivity contribution in [1.82, 2.24) is 5.43 Å². The Morgan fingerprint density at radius 2 is 1.85 bits per heavy atom. The molecule has 0 aromatic heterocycles. The van der Waals surface area contributed by atoms with Crippen molar-refractivity contribution in [1.29, 1.82) is 0 Å². The lowest BCUT2D eigenvalue weighted by molar-refractivity contribution is -0.123. The largest absolute Gasteiger partial charge is 0.484 e. The lowest BCUT2D eigenvalue weighted by Gasteiger charge is -2.09. The van der Waals surface area contributed by atoms with Crippen LogP contribution in [0.4, 0.5) is 5.69 Å². The van der Waals surface area contributed by atoms with E-state index in [1.54, 1.807) is 37.3 Å². The number of carbonyl (C=O) groups is 2. The summed E-state index contributed by atoms with van der Waals surface area (Å²) in [7, 11) is 0. The van der Waals surface area contributed by atoms with E-state index in [1.165, 1.54) is 0 Å². The summed E-state index contributed by atoms with van der Waals surface area (Å²) in [5.41, 5.74) is 4.27. The molecule has 0 aliphatic rings. The predicted molar refractivity (Wildman–Crippen MR) is 110 cm³/mol. The molecule has 8 heteroatoms. The van der Waals surface area contributed by atoms with E-state index in [0.29, 0.717) is 22.2 Å². The number of carbonyl (C=O) groups excluding carboxylic acids is 2. The molecule has 142 valence electrons. The normalized spacial score (nSPS) is 11.0. The van der Waals surface area contributed by atoms with Gasteiger partial charge in [0.2, 0.25) is 5.91 Å². The van der Waals surface area contributed by atoms with Crippen LogP contribution in [0.2, 0.25) is 5.02 Å². The van der Waals surface area contributed by atoms with E-state index in [2.05, 4.69) is 31.8 Å². The Morgan fingerprint density at radius 3 is 2.56 bits per heavy atom. The third-order valence-corrected chi connectivity index (χ3v) is 4.45. The first-order valence-electron chi connectivity index (χ1n) is 8.10. The fourth-order valence-corrected chi connectivity index (χ4v) is 2.52. The number of nitrogens with zero attached hydrogens (tertiary/aromatic N) is 1. The number of hydrazone groups is 1. The van der Waals surface area contributed by atoms with Crippen molar-refractivity contribution in [3.8, 4) is 5.75 Å². The van der Waals surface area contributed by atoms with Crippen LogP contribution in [0.25, 0.3) is 0 Å². The van der Waals surface area contributed by atoms with Crippen LogP contribution in [0.15, 0.2) is 52.0 Å². The standard InChI is InChI=1S/C19H19BrClN3O3/c1-12(10-18(25)22-17-5-3-4-16(21)13(17)2)23-24-19(26)11-27-15-8-6-14(20)7-9-15/h3-9H,10-11H2,1-2H3,(H,22,25)(H,24,26)/b23-12+. The number of nitrogens with one attached hydrogen (secondary N) is 2. The van der Waals surface area contributed by atoms with Gasteiger partial charge in [-0.2, -0.15) is 5.10 Å². The number of amides is 2. The summed E-state index contributed by atoms with van der Waals surface area (Å²) < 4.78 is 6.27. The van der Waals surface area contributed by atoms with Crippen LogP contribution in [0.5, 0.6) is 5.75 Å². The molecule has 2 N–H and O–H groups in total. The third-order valence-electron chi connectivity index (χ3n) is 3.51. The molecule has 2 amide bonds. The second-order valence-electron chi connectivity index (χ2n) is 5.76. The molecule has 2 rings (SSSR count). The highest BCUT2D eigenvalue weighted by molar-refractivity contribution is 9.10. The first-order valence-corrected chi connectivity index (χ1v) is 9.27. The second-order valence-corrected chi connectivity index (χ2v) is 7.08. The Hall–Kier alpha value is -2.38. The zero-order valence-corrected chi connectivity index (χ0v) is 17.2. The van der Waals surface area contributed by atoms with Crippen LogP contribution in [0, 0.1) is 6.92 Å². The Balaban J connectivity index is 1.78. The molecule has 0 saturated carbocycles. The fraction of sp³-hybridized carbons (Fsp3) is 0.211. The fourth-order valence-electron chi connectivity index (χ4n) is 2.08. The first kappa shape index (κ1) is 20.9. The molecule has 27 heavy (non-hydrogen) atoms.